The molecule has 1 N–H and O–H groups in total. The normalized spacial score (nSPS) is 15.1. The summed E-state index contributed by atoms with van der Waals surface area (Å²) in [6.07, 6.45) is -2.45. The minimum Gasteiger partial charge on any atom is -0.493 e. The molecular formula is C28H23ClF3N3O2. The Kier molecular flexibility index (Phi) is 6.45. The number of ether oxygens (including phenoxy) is 1. The van der Waals surface area contributed by atoms with Crippen molar-refractivity contribution < 1.29 is 22.7 Å². The summed E-state index contributed by atoms with van der Waals surface area (Å²) in [4.78, 5) is 19.8. The molecule has 4 aromatic rings. The molecule has 1 aliphatic rings. The molecule has 5 rings (SSSR count). The molecule has 1 atom stereocenters. The number of nitrogens with zero attached hydrogens (tertiary/aromatic N) is 2. The molecule has 1 aromatic heterocycles. The van der Waals surface area contributed by atoms with E-state index in [0.717, 1.165) is 17.7 Å². The highest BCUT2D eigenvalue weighted by atomic mass is 35.5. The van der Waals surface area contributed by atoms with Crippen molar-refractivity contribution in [3.05, 3.63) is 83.0 Å². The number of nitrogens with one attached hydrogen (secondary N) is 1. The molecule has 3 aromatic carbocycles. The average Bonchev–Trinajstić information content (AvgIpc) is 2.86. The van der Waals surface area contributed by atoms with E-state index in [-0.39, 0.29) is 16.8 Å². The van der Waals surface area contributed by atoms with E-state index in [0.29, 0.717) is 52.2 Å². The first-order chi connectivity index (χ1) is 17.6. The third kappa shape index (κ3) is 4.81. The molecule has 2 heterocycles. The van der Waals surface area contributed by atoms with Crippen molar-refractivity contribution in [2.45, 2.75) is 18.5 Å². The SMILES string of the molecule is CN(C)c1c(NC(=O)C2CCOc3ccccc32)cnc2c(-c3cc(Cl)cc(C(F)(F)F)c3)cccc12. The van der Waals surface area contributed by atoms with Crippen LogP contribution in [0.25, 0.3) is 22.0 Å². The third-order valence-corrected chi connectivity index (χ3v) is 6.60. The molecule has 37 heavy (non-hydrogen) atoms. The van der Waals surface area contributed by atoms with E-state index < -0.39 is 11.7 Å². The first-order valence-corrected chi connectivity index (χ1v) is 12.0. The quantitative estimate of drug-likeness (QED) is 0.307. The molecule has 0 aliphatic carbocycles. The van der Waals surface area contributed by atoms with Gasteiger partial charge in [-0.15, -0.1) is 0 Å². The molecule has 0 spiro atoms. The maximum absolute atomic E-state index is 13.4. The lowest BCUT2D eigenvalue weighted by atomic mass is 9.92. The van der Waals surface area contributed by atoms with Gasteiger partial charge in [-0.3, -0.25) is 9.78 Å². The number of carbonyl (C=O) groups excluding carboxylic acids is 1. The fourth-order valence-corrected chi connectivity index (χ4v) is 4.99. The molecule has 190 valence electrons. The van der Waals surface area contributed by atoms with Gasteiger partial charge in [-0.2, -0.15) is 13.2 Å². The summed E-state index contributed by atoms with van der Waals surface area (Å²) in [5.74, 6) is 0.137. The second kappa shape index (κ2) is 9.59. The van der Waals surface area contributed by atoms with Gasteiger partial charge < -0.3 is 15.0 Å². The molecule has 5 nitrogen and oxygen atoms in total. The number of hydrogen-bond acceptors (Lipinski definition) is 4. The van der Waals surface area contributed by atoms with Crippen molar-refractivity contribution in [2.24, 2.45) is 0 Å². The van der Waals surface area contributed by atoms with Crippen molar-refractivity contribution in [2.75, 3.05) is 30.9 Å². The molecule has 1 amide bonds. The maximum atomic E-state index is 13.4. The number of benzene rings is 3. The van der Waals surface area contributed by atoms with E-state index in [1.54, 1.807) is 18.3 Å². The molecule has 0 saturated heterocycles. The van der Waals surface area contributed by atoms with E-state index in [1.165, 1.54) is 6.07 Å². The number of carbonyl (C=O) groups is 1. The van der Waals surface area contributed by atoms with E-state index in [2.05, 4.69) is 10.3 Å². The molecule has 1 aliphatic heterocycles. The summed E-state index contributed by atoms with van der Waals surface area (Å²) in [7, 11) is 3.67. The van der Waals surface area contributed by atoms with Crippen molar-refractivity contribution >= 4 is 39.8 Å². The summed E-state index contributed by atoms with van der Waals surface area (Å²) in [5, 5.41) is 3.69. The Bertz CT molecular complexity index is 1500. The van der Waals surface area contributed by atoms with Gasteiger partial charge >= 0.3 is 6.18 Å². The Labute approximate surface area is 216 Å². The van der Waals surface area contributed by atoms with E-state index in [1.807, 2.05) is 49.3 Å². The van der Waals surface area contributed by atoms with Crippen LogP contribution in [-0.4, -0.2) is 31.6 Å². The maximum Gasteiger partial charge on any atom is 0.416 e. The van der Waals surface area contributed by atoms with Gasteiger partial charge in [-0.25, -0.2) is 0 Å². The summed E-state index contributed by atoms with van der Waals surface area (Å²) >= 11 is 6.05. The second-order valence-electron chi connectivity index (χ2n) is 9.06. The molecule has 0 bridgehead atoms. The van der Waals surface area contributed by atoms with Crippen LogP contribution in [0, 0.1) is 0 Å². The minimum atomic E-state index is -4.54. The average molecular weight is 526 g/mol. The van der Waals surface area contributed by atoms with Crippen LogP contribution < -0.4 is 15.0 Å². The predicted molar refractivity (Wildman–Crippen MR) is 139 cm³/mol. The number of alkyl halides is 3. The highest BCUT2D eigenvalue weighted by Crippen LogP contribution is 2.41. The Balaban J connectivity index is 1.57. The first kappa shape index (κ1) is 24.9. The smallest absolute Gasteiger partial charge is 0.416 e. The number of halogens is 4. The van der Waals surface area contributed by atoms with E-state index in [4.69, 9.17) is 16.3 Å². The summed E-state index contributed by atoms with van der Waals surface area (Å²) < 4.78 is 46.0. The van der Waals surface area contributed by atoms with Crippen molar-refractivity contribution in [3.8, 4) is 16.9 Å². The fourth-order valence-electron chi connectivity index (χ4n) is 4.76. The Morgan fingerprint density at radius 1 is 1.11 bits per heavy atom. The van der Waals surface area contributed by atoms with Crippen LogP contribution in [-0.2, 0) is 11.0 Å². The Morgan fingerprint density at radius 3 is 2.65 bits per heavy atom. The van der Waals surface area contributed by atoms with Crippen LogP contribution in [0.2, 0.25) is 5.02 Å². The topological polar surface area (TPSA) is 54.5 Å². The number of anilines is 2. The second-order valence-corrected chi connectivity index (χ2v) is 9.50. The number of amides is 1. The van der Waals surface area contributed by atoms with Gasteiger partial charge in [0.1, 0.15) is 5.75 Å². The van der Waals surface area contributed by atoms with Crippen molar-refractivity contribution in [1.82, 2.24) is 4.98 Å². The fraction of sp³-hybridized carbons (Fsp3) is 0.214. The summed E-state index contributed by atoms with van der Waals surface area (Å²) in [5.41, 5.74) is 2.50. The molecule has 9 heteroatoms. The van der Waals surface area contributed by atoms with Gasteiger partial charge in [0, 0.05) is 35.6 Å². The van der Waals surface area contributed by atoms with Gasteiger partial charge in [0.05, 0.1) is 41.2 Å². The number of hydrogen-bond donors (Lipinski definition) is 1. The van der Waals surface area contributed by atoms with Crippen LogP contribution in [0.1, 0.15) is 23.5 Å². The molecule has 1 unspecified atom stereocenters. The highest BCUT2D eigenvalue weighted by Gasteiger charge is 2.32. The first-order valence-electron chi connectivity index (χ1n) is 11.6. The summed E-state index contributed by atoms with van der Waals surface area (Å²) in [6, 6.07) is 16.2. The monoisotopic (exact) mass is 525 g/mol. The number of fused-ring (bicyclic) bond motifs is 2. The van der Waals surface area contributed by atoms with Gasteiger partial charge in [-0.1, -0.05) is 48.0 Å². The number of aromatic nitrogens is 1. The van der Waals surface area contributed by atoms with Crippen LogP contribution in [0.15, 0.2) is 66.9 Å². The van der Waals surface area contributed by atoms with Crippen LogP contribution >= 0.6 is 11.6 Å². The highest BCUT2D eigenvalue weighted by molar-refractivity contribution is 6.31. The van der Waals surface area contributed by atoms with Gasteiger partial charge in [-0.05, 0) is 36.2 Å². The zero-order chi connectivity index (χ0) is 26.3. The molecular weight excluding hydrogens is 503 g/mol. The van der Waals surface area contributed by atoms with Gasteiger partial charge in [0.15, 0.2) is 0 Å². The molecule has 0 radical (unpaired) electrons. The molecule has 0 saturated carbocycles. The zero-order valence-corrected chi connectivity index (χ0v) is 20.8. The van der Waals surface area contributed by atoms with Crippen LogP contribution in [0.3, 0.4) is 0 Å². The van der Waals surface area contributed by atoms with Crippen molar-refractivity contribution in [1.29, 1.82) is 0 Å². The predicted octanol–water partition coefficient (Wildman–Crippen LogP) is 7.14. The molecule has 0 fully saturated rings. The van der Waals surface area contributed by atoms with Crippen molar-refractivity contribution in [3.63, 3.8) is 0 Å². The zero-order valence-electron chi connectivity index (χ0n) is 20.1. The van der Waals surface area contributed by atoms with Gasteiger partial charge in [0.25, 0.3) is 0 Å². The third-order valence-electron chi connectivity index (χ3n) is 6.39. The Hall–Kier alpha value is -3.78. The summed E-state index contributed by atoms with van der Waals surface area (Å²) in [6.45, 7) is 0.439. The van der Waals surface area contributed by atoms with Crippen LogP contribution in [0.5, 0.6) is 5.75 Å². The van der Waals surface area contributed by atoms with E-state index >= 15 is 0 Å². The lowest BCUT2D eigenvalue weighted by molar-refractivity contribution is -0.137. The number of pyridine rings is 1. The van der Waals surface area contributed by atoms with Crippen LogP contribution in [0.4, 0.5) is 24.5 Å². The largest absolute Gasteiger partial charge is 0.493 e. The Morgan fingerprint density at radius 2 is 1.89 bits per heavy atom. The number of para-hydroxylation sites is 2. The number of rotatable bonds is 4. The van der Waals surface area contributed by atoms with E-state index in [9.17, 15) is 18.0 Å². The minimum absolute atomic E-state index is 0.0183. The standard InChI is InChI=1S/C28H23ClF3N3O2/c1-35(2)26-22-8-5-7-19(16-12-17(28(30,31)32)14-18(29)13-16)25(22)33-15-23(26)34-27(36)21-10-11-37-24-9-4-3-6-20(21)24/h3-9,12-15,21H,10-11H2,1-2H3,(H,34,36). The lowest BCUT2D eigenvalue weighted by Crippen LogP contribution is -2.27. The lowest BCUT2D eigenvalue weighted by Gasteiger charge is -2.26. The van der Waals surface area contributed by atoms with Gasteiger partial charge in [0.2, 0.25) is 5.91 Å².